The number of hydrogen-bond acceptors (Lipinski definition) is 4. The number of hydrogen-bond donors (Lipinski definition) is 2. The molecule has 0 aromatic heterocycles. The summed E-state index contributed by atoms with van der Waals surface area (Å²) in [7, 11) is 0. The molecule has 0 aliphatic rings. The van der Waals surface area contributed by atoms with E-state index in [2.05, 4.69) is 15.4 Å². The third-order valence-electron chi connectivity index (χ3n) is 2.19. The Labute approximate surface area is 124 Å². The van der Waals surface area contributed by atoms with Gasteiger partial charge in [-0.25, -0.2) is 4.79 Å². The van der Waals surface area contributed by atoms with Crippen molar-refractivity contribution < 1.29 is 32.2 Å². The van der Waals surface area contributed by atoms with Crippen LogP contribution in [0.5, 0.6) is 5.75 Å². The summed E-state index contributed by atoms with van der Waals surface area (Å²) in [4.78, 5) is 22.4. The summed E-state index contributed by atoms with van der Waals surface area (Å²) in [5, 5.41) is 4.66. The normalized spacial score (nSPS) is 10.7. The SMILES string of the molecule is CCNC(=O)COc1cccc(NC(=O)OCC(F)(F)F)c1. The van der Waals surface area contributed by atoms with Crippen LogP contribution in [0.15, 0.2) is 24.3 Å². The van der Waals surface area contributed by atoms with Crippen molar-refractivity contribution in [2.24, 2.45) is 0 Å². The molecule has 0 spiro atoms. The summed E-state index contributed by atoms with van der Waals surface area (Å²) in [5.74, 6) is -0.0367. The van der Waals surface area contributed by atoms with Crippen LogP contribution < -0.4 is 15.4 Å². The highest BCUT2D eigenvalue weighted by molar-refractivity contribution is 5.84. The molecular formula is C13H15F3N2O4. The topological polar surface area (TPSA) is 76.7 Å². The Morgan fingerprint density at radius 3 is 2.64 bits per heavy atom. The van der Waals surface area contributed by atoms with Crippen molar-refractivity contribution in [3.05, 3.63) is 24.3 Å². The second-order valence-corrected chi connectivity index (χ2v) is 4.09. The minimum Gasteiger partial charge on any atom is -0.484 e. The first-order valence-electron chi connectivity index (χ1n) is 6.30. The van der Waals surface area contributed by atoms with Crippen LogP contribution in [-0.4, -0.2) is 37.9 Å². The highest BCUT2D eigenvalue weighted by Gasteiger charge is 2.29. The summed E-state index contributed by atoms with van der Waals surface area (Å²) in [6.45, 7) is 0.339. The highest BCUT2D eigenvalue weighted by atomic mass is 19.4. The van der Waals surface area contributed by atoms with E-state index in [0.29, 0.717) is 6.54 Å². The molecule has 0 radical (unpaired) electrons. The van der Waals surface area contributed by atoms with Crippen molar-refractivity contribution in [2.75, 3.05) is 25.1 Å². The van der Waals surface area contributed by atoms with Crippen LogP contribution in [0.2, 0.25) is 0 Å². The maximum atomic E-state index is 11.9. The maximum Gasteiger partial charge on any atom is 0.422 e. The van der Waals surface area contributed by atoms with Crippen LogP contribution in [0.1, 0.15) is 6.92 Å². The lowest BCUT2D eigenvalue weighted by molar-refractivity contribution is -0.159. The van der Waals surface area contributed by atoms with E-state index in [1.165, 1.54) is 24.3 Å². The van der Waals surface area contributed by atoms with Gasteiger partial charge in [-0.05, 0) is 19.1 Å². The number of anilines is 1. The summed E-state index contributed by atoms with van der Waals surface area (Å²) in [5.41, 5.74) is 0.181. The lowest BCUT2D eigenvalue weighted by Gasteiger charge is -2.10. The molecule has 0 aliphatic carbocycles. The minimum absolute atomic E-state index is 0.181. The van der Waals surface area contributed by atoms with Gasteiger partial charge in [-0.2, -0.15) is 13.2 Å². The van der Waals surface area contributed by atoms with E-state index in [1.807, 2.05) is 0 Å². The molecule has 1 aromatic carbocycles. The summed E-state index contributed by atoms with van der Waals surface area (Å²) < 4.78 is 44.9. The molecule has 0 bridgehead atoms. The third kappa shape index (κ3) is 7.36. The van der Waals surface area contributed by atoms with Gasteiger partial charge in [-0.15, -0.1) is 0 Å². The van der Waals surface area contributed by atoms with Crippen molar-refractivity contribution in [3.63, 3.8) is 0 Å². The zero-order chi connectivity index (χ0) is 16.6. The van der Waals surface area contributed by atoms with Crippen LogP contribution in [0.25, 0.3) is 0 Å². The van der Waals surface area contributed by atoms with Gasteiger partial charge >= 0.3 is 12.3 Å². The van der Waals surface area contributed by atoms with Crippen LogP contribution in [0.4, 0.5) is 23.7 Å². The summed E-state index contributed by atoms with van der Waals surface area (Å²) >= 11 is 0. The van der Waals surface area contributed by atoms with E-state index in [0.717, 1.165) is 0 Å². The Balaban J connectivity index is 2.50. The minimum atomic E-state index is -4.59. The van der Waals surface area contributed by atoms with Crippen molar-refractivity contribution >= 4 is 17.7 Å². The fourth-order valence-corrected chi connectivity index (χ4v) is 1.36. The monoisotopic (exact) mass is 320 g/mol. The number of nitrogens with one attached hydrogen (secondary N) is 2. The van der Waals surface area contributed by atoms with Crippen molar-refractivity contribution in [2.45, 2.75) is 13.1 Å². The van der Waals surface area contributed by atoms with E-state index in [9.17, 15) is 22.8 Å². The Kier molecular flexibility index (Phi) is 6.48. The molecular weight excluding hydrogens is 305 g/mol. The maximum absolute atomic E-state index is 11.9. The molecule has 0 aliphatic heterocycles. The average molecular weight is 320 g/mol. The van der Waals surface area contributed by atoms with Gasteiger partial charge in [0.15, 0.2) is 13.2 Å². The lowest BCUT2D eigenvalue weighted by Crippen LogP contribution is -2.28. The average Bonchev–Trinajstić information content (AvgIpc) is 2.43. The molecule has 0 atom stereocenters. The van der Waals surface area contributed by atoms with Crippen LogP contribution in [0.3, 0.4) is 0 Å². The van der Waals surface area contributed by atoms with Crippen molar-refractivity contribution in [1.82, 2.24) is 5.32 Å². The molecule has 2 N–H and O–H groups in total. The molecule has 0 fully saturated rings. The first-order valence-corrected chi connectivity index (χ1v) is 6.30. The zero-order valence-corrected chi connectivity index (χ0v) is 11.7. The van der Waals surface area contributed by atoms with E-state index in [1.54, 1.807) is 6.92 Å². The van der Waals surface area contributed by atoms with Gasteiger partial charge in [0.25, 0.3) is 5.91 Å². The molecule has 6 nitrogen and oxygen atoms in total. The van der Waals surface area contributed by atoms with Crippen LogP contribution in [0, 0.1) is 0 Å². The molecule has 122 valence electrons. The van der Waals surface area contributed by atoms with Crippen LogP contribution in [-0.2, 0) is 9.53 Å². The number of alkyl halides is 3. The quantitative estimate of drug-likeness (QED) is 0.843. The Morgan fingerprint density at radius 1 is 1.27 bits per heavy atom. The van der Waals surface area contributed by atoms with Crippen molar-refractivity contribution in [1.29, 1.82) is 0 Å². The fraction of sp³-hybridized carbons (Fsp3) is 0.385. The largest absolute Gasteiger partial charge is 0.484 e. The molecule has 2 amide bonds. The number of rotatable bonds is 6. The highest BCUT2D eigenvalue weighted by Crippen LogP contribution is 2.18. The van der Waals surface area contributed by atoms with Gasteiger partial charge in [0.05, 0.1) is 0 Å². The Hall–Kier alpha value is -2.45. The Bertz CT molecular complexity index is 520. The second kappa shape index (κ2) is 8.11. The van der Waals surface area contributed by atoms with Gasteiger partial charge in [-0.1, -0.05) is 6.07 Å². The molecule has 22 heavy (non-hydrogen) atoms. The number of ether oxygens (including phenoxy) is 2. The third-order valence-corrected chi connectivity index (χ3v) is 2.19. The number of halogens is 3. The lowest BCUT2D eigenvalue weighted by atomic mass is 10.3. The molecule has 0 saturated carbocycles. The van der Waals surface area contributed by atoms with Crippen LogP contribution >= 0.6 is 0 Å². The Morgan fingerprint density at radius 2 is 2.00 bits per heavy atom. The van der Waals surface area contributed by atoms with Gasteiger partial charge in [0, 0.05) is 18.3 Å². The van der Waals surface area contributed by atoms with E-state index < -0.39 is 18.9 Å². The smallest absolute Gasteiger partial charge is 0.422 e. The molecule has 1 aromatic rings. The first kappa shape index (κ1) is 17.6. The number of likely N-dealkylation sites (N-methyl/N-ethyl adjacent to an activating group) is 1. The molecule has 0 heterocycles. The first-order chi connectivity index (χ1) is 10.3. The van der Waals surface area contributed by atoms with Gasteiger partial charge in [0.1, 0.15) is 5.75 Å². The molecule has 1 rings (SSSR count). The number of carbonyl (C=O) groups excluding carboxylic acids is 2. The van der Waals surface area contributed by atoms with Crippen molar-refractivity contribution in [3.8, 4) is 5.75 Å². The summed E-state index contributed by atoms with van der Waals surface area (Å²) in [6, 6.07) is 5.83. The van der Waals surface area contributed by atoms with E-state index in [4.69, 9.17) is 4.74 Å². The molecule has 0 unspecified atom stereocenters. The fourth-order valence-electron chi connectivity index (χ4n) is 1.36. The second-order valence-electron chi connectivity index (χ2n) is 4.09. The number of benzene rings is 1. The number of carbonyl (C=O) groups is 2. The predicted octanol–water partition coefficient (Wildman–Crippen LogP) is 2.31. The van der Waals surface area contributed by atoms with Gasteiger partial charge < -0.3 is 14.8 Å². The predicted molar refractivity (Wildman–Crippen MR) is 71.6 cm³/mol. The standard InChI is InChI=1S/C13H15F3N2O4/c1-2-17-11(19)7-21-10-5-3-4-9(6-10)18-12(20)22-8-13(14,15)16/h3-6H,2,7-8H2,1H3,(H,17,19)(H,18,20). The number of amides is 2. The zero-order valence-electron chi connectivity index (χ0n) is 11.7. The van der Waals surface area contributed by atoms with E-state index >= 15 is 0 Å². The molecule has 0 saturated heterocycles. The van der Waals surface area contributed by atoms with E-state index in [-0.39, 0.29) is 24.0 Å². The summed E-state index contributed by atoms with van der Waals surface area (Å²) in [6.07, 6.45) is -5.83. The van der Waals surface area contributed by atoms with Gasteiger partial charge in [0.2, 0.25) is 0 Å². The molecule has 9 heteroatoms. The van der Waals surface area contributed by atoms with Gasteiger partial charge in [-0.3, -0.25) is 10.1 Å².